The average molecular weight is 611 g/mol. The van der Waals surface area contributed by atoms with Crippen LogP contribution in [0.5, 0.6) is 5.88 Å². The summed E-state index contributed by atoms with van der Waals surface area (Å²) in [5, 5.41) is 0.608. The van der Waals surface area contributed by atoms with Gasteiger partial charge in [0, 0.05) is 54.6 Å². The van der Waals surface area contributed by atoms with Crippen LogP contribution < -0.4 is 9.64 Å². The normalized spacial score (nSPS) is 19.7. The van der Waals surface area contributed by atoms with Crippen LogP contribution in [-0.4, -0.2) is 91.8 Å². The number of piperidine rings is 3. The Morgan fingerprint density at radius 3 is 2.28 bits per heavy atom. The van der Waals surface area contributed by atoms with Crippen LogP contribution in [0, 0.1) is 5.82 Å². The van der Waals surface area contributed by atoms with Crippen LogP contribution in [0.2, 0.25) is 0 Å². The van der Waals surface area contributed by atoms with E-state index in [1.54, 1.807) is 18.3 Å². The molecule has 3 aliphatic heterocycles. The van der Waals surface area contributed by atoms with E-state index in [9.17, 15) is 8.42 Å². The van der Waals surface area contributed by atoms with Gasteiger partial charge in [0.05, 0.1) is 24.1 Å². The van der Waals surface area contributed by atoms with Crippen molar-refractivity contribution in [3.05, 3.63) is 41.3 Å². The van der Waals surface area contributed by atoms with Gasteiger partial charge in [0.1, 0.15) is 5.82 Å². The summed E-state index contributed by atoms with van der Waals surface area (Å²) in [6.45, 7) is 6.74. The molecule has 232 valence electrons. The molecule has 0 radical (unpaired) electrons. The zero-order valence-corrected chi connectivity index (χ0v) is 26.2. The van der Waals surface area contributed by atoms with Crippen molar-refractivity contribution in [1.29, 1.82) is 0 Å². The highest BCUT2D eigenvalue weighted by Gasteiger charge is 2.27. The number of pyridine rings is 1. The predicted molar refractivity (Wildman–Crippen MR) is 168 cm³/mol. The van der Waals surface area contributed by atoms with Crippen LogP contribution in [0.25, 0.3) is 22.2 Å². The molecule has 0 N–H and O–H groups in total. The van der Waals surface area contributed by atoms with Crippen molar-refractivity contribution in [3.8, 4) is 17.1 Å². The first-order valence-corrected chi connectivity index (χ1v) is 17.8. The largest absolute Gasteiger partial charge is 0.481 e. The molecule has 0 unspecified atom stereocenters. The maximum absolute atomic E-state index is 15.3. The van der Waals surface area contributed by atoms with E-state index in [4.69, 9.17) is 14.7 Å². The molecule has 11 heteroatoms. The van der Waals surface area contributed by atoms with Crippen LogP contribution in [0.3, 0.4) is 0 Å². The molecule has 5 heterocycles. The second-order valence-corrected chi connectivity index (χ2v) is 14.6. The smallest absolute Gasteiger partial charge is 0.226 e. The van der Waals surface area contributed by atoms with Gasteiger partial charge in [0.2, 0.25) is 11.8 Å². The van der Waals surface area contributed by atoms with Gasteiger partial charge in [-0.3, -0.25) is 4.90 Å². The van der Waals surface area contributed by atoms with Crippen LogP contribution in [0.1, 0.15) is 62.5 Å². The van der Waals surface area contributed by atoms with E-state index in [0.29, 0.717) is 40.7 Å². The lowest BCUT2D eigenvalue weighted by atomic mass is 9.98. The first-order chi connectivity index (χ1) is 20.8. The molecule has 1 aromatic carbocycles. The zero-order valence-electron chi connectivity index (χ0n) is 25.4. The van der Waals surface area contributed by atoms with Gasteiger partial charge in [0.25, 0.3) is 0 Å². The third kappa shape index (κ3) is 7.10. The van der Waals surface area contributed by atoms with Gasteiger partial charge in [-0.15, -0.1) is 0 Å². The summed E-state index contributed by atoms with van der Waals surface area (Å²) in [7, 11) is -1.88. The van der Waals surface area contributed by atoms with E-state index in [2.05, 4.69) is 19.7 Å². The number of hydrogen-bond donors (Lipinski definition) is 0. The van der Waals surface area contributed by atoms with Gasteiger partial charge in [-0.2, -0.15) is 0 Å². The number of anilines is 1. The van der Waals surface area contributed by atoms with E-state index >= 15 is 4.39 Å². The number of benzene rings is 1. The summed E-state index contributed by atoms with van der Waals surface area (Å²) in [6, 6.07) is 5.52. The van der Waals surface area contributed by atoms with Gasteiger partial charge in [0.15, 0.2) is 9.84 Å². The minimum absolute atomic E-state index is 0.216. The Hall–Kier alpha value is -2.89. The van der Waals surface area contributed by atoms with Crippen LogP contribution >= 0.6 is 0 Å². The summed E-state index contributed by atoms with van der Waals surface area (Å²) >= 11 is 0. The van der Waals surface area contributed by atoms with E-state index in [1.807, 2.05) is 0 Å². The highest BCUT2D eigenvalue weighted by Crippen LogP contribution is 2.34. The fraction of sp³-hybridized carbons (Fsp3) is 0.594. The summed E-state index contributed by atoms with van der Waals surface area (Å²) in [5.41, 5.74) is 3.21. The fourth-order valence-corrected chi connectivity index (χ4v) is 7.77. The Morgan fingerprint density at radius 1 is 0.907 bits per heavy atom. The lowest BCUT2D eigenvalue weighted by Crippen LogP contribution is -2.46. The number of hydrogen-bond acceptors (Lipinski definition) is 9. The molecule has 6 rings (SSSR count). The topological polar surface area (TPSA) is 91.8 Å². The molecule has 0 saturated carbocycles. The number of methoxy groups -OCH3 is 1. The van der Waals surface area contributed by atoms with E-state index < -0.39 is 9.84 Å². The second kappa shape index (κ2) is 13.0. The number of fused-ring (bicyclic) bond motifs is 1. The van der Waals surface area contributed by atoms with E-state index in [-0.39, 0.29) is 17.5 Å². The van der Waals surface area contributed by atoms with Crippen molar-refractivity contribution in [2.45, 2.75) is 69.7 Å². The molecule has 0 atom stereocenters. The third-order valence-electron chi connectivity index (χ3n) is 9.14. The number of aromatic nitrogens is 3. The second-order valence-electron chi connectivity index (χ2n) is 12.4. The number of nitrogens with zero attached hydrogens (tertiary/aromatic N) is 6. The van der Waals surface area contributed by atoms with Crippen molar-refractivity contribution in [1.82, 2.24) is 24.8 Å². The van der Waals surface area contributed by atoms with Gasteiger partial charge in [-0.25, -0.2) is 27.8 Å². The van der Waals surface area contributed by atoms with Crippen molar-refractivity contribution >= 4 is 26.7 Å². The minimum atomic E-state index is -3.35. The third-order valence-corrected chi connectivity index (χ3v) is 9.97. The lowest BCUT2D eigenvalue weighted by Gasteiger charge is -2.40. The molecule has 3 fully saturated rings. The van der Waals surface area contributed by atoms with Crippen molar-refractivity contribution in [2.75, 3.05) is 57.5 Å². The van der Waals surface area contributed by atoms with Gasteiger partial charge in [-0.1, -0.05) is 6.42 Å². The Kier molecular flexibility index (Phi) is 9.11. The van der Waals surface area contributed by atoms with Crippen molar-refractivity contribution in [2.24, 2.45) is 0 Å². The van der Waals surface area contributed by atoms with E-state index in [1.165, 1.54) is 58.2 Å². The molecule has 9 nitrogen and oxygen atoms in total. The number of halogens is 1. The number of likely N-dealkylation sites (tertiary alicyclic amines) is 2. The maximum Gasteiger partial charge on any atom is 0.226 e. The summed E-state index contributed by atoms with van der Waals surface area (Å²) in [4.78, 5) is 21.8. The zero-order chi connectivity index (χ0) is 30.0. The number of rotatable bonds is 8. The Balaban J connectivity index is 1.38. The Morgan fingerprint density at radius 2 is 1.60 bits per heavy atom. The molecule has 0 bridgehead atoms. The fourth-order valence-electron chi connectivity index (χ4n) is 6.99. The molecule has 0 amide bonds. The monoisotopic (exact) mass is 610 g/mol. The minimum Gasteiger partial charge on any atom is -0.481 e. The molecule has 43 heavy (non-hydrogen) atoms. The van der Waals surface area contributed by atoms with Crippen molar-refractivity contribution < 1.29 is 17.5 Å². The van der Waals surface area contributed by atoms with Crippen LogP contribution in [0.4, 0.5) is 10.3 Å². The number of ether oxygens (including phenoxy) is 1. The van der Waals surface area contributed by atoms with Gasteiger partial charge >= 0.3 is 0 Å². The summed E-state index contributed by atoms with van der Waals surface area (Å²) < 4.78 is 45.1. The first-order valence-electron chi connectivity index (χ1n) is 15.7. The average Bonchev–Trinajstić information content (AvgIpc) is 3.01. The van der Waals surface area contributed by atoms with Gasteiger partial charge < -0.3 is 14.5 Å². The quantitative estimate of drug-likeness (QED) is 0.356. The van der Waals surface area contributed by atoms with Crippen LogP contribution in [-0.2, 0) is 22.1 Å². The Labute approximate surface area is 254 Å². The van der Waals surface area contributed by atoms with Crippen LogP contribution in [0.15, 0.2) is 24.4 Å². The highest BCUT2D eigenvalue weighted by molar-refractivity contribution is 7.89. The maximum atomic E-state index is 15.3. The SMILES string of the molecule is COc1ncc(-c2nc(N3CCCCC3)nc3c(CN4CCC(N5CCCCC5)CC4)cc(F)cc23)cc1CS(C)(=O)=O. The van der Waals surface area contributed by atoms with Crippen molar-refractivity contribution in [3.63, 3.8) is 0 Å². The van der Waals surface area contributed by atoms with Gasteiger partial charge in [-0.05, 0) is 94.9 Å². The Bertz CT molecular complexity index is 1550. The molecular formula is C32H43FN6O3S. The van der Waals surface area contributed by atoms with E-state index in [0.717, 1.165) is 62.9 Å². The molecular weight excluding hydrogens is 567 g/mol. The molecule has 3 aliphatic rings. The predicted octanol–water partition coefficient (Wildman–Crippen LogP) is 4.82. The standard InChI is InChI=1S/C32H43FN6O3S/c1-42-31-25(22-43(2,40)41)17-23(20-34-31)29-28-19-26(33)18-24(30(28)36-32(35-29)39-13-7-4-8-14-39)21-37-15-9-27(10-16-37)38-11-5-3-6-12-38/h17-20,27H,3-16,21-22H2,1-2H3. The molecule has 0 spiro atoms. The molecule has 2 aromatic heterocycles. The molecule has 0 aliphatic carbocycles. The molecule has 3 aromatic rings. The first kappa shape index (κ1) is 30.1. The number of sulfone groups is 1. The highest BCUT2D eigenvalue weighted by atomic mass is 32.2. The lowest BCUT2D eigenvalue weighted by molar-refractivity contribution is 0.0898. The summed E-state index contributed by atoms with van der Waals surface area (Å²) in [6.07, 6.45) is 12.3. The molecule has 3 saturated heterocycles. The summed E-state index contributed by atoms with van der Waals surface area (Å²) in [5.74, 6) is 0.327.